The quantitative estimate of drug-likeness (QED) is 0.766. The predicted molar refractivity (Wildman–Crippen MR) is 101 cm³/mol. The zero-order valence-corrected chi connectivity index (χ0v) is 16.1. The average Bonchev–Trinajstić information content (AvgIpc) is 2.88. The van der Waals surface area contributed by atoms with Crippen molar-refractivity contribution in [2.75, 3.05) is 20.3 Å². The molecule has 0 fully saturated rings. The molecular weight excluding hydrogens is 396 g/mol. The molecule has 8 heteroatoms. The molecule has 1 aliphatic rings. The molecule has 0 bridgehead atoms. The van der Waals surface area contributed by atoms with Crippen LogP contribution >= 0.6 is 23.2 Å². The Morgan fingerprint density at radius 2 is 1.85 bits per heavy atom. The first-order valence-electron chi connectivity index (χ1n) is 8.32. The van der Waals surface area contributed by atoms with Gasteiger partial charge >= 0.3 is 5.97 Å². The number of hydrogen-bond acceptors (Lipinski definition) is 5. The fourth-order valence-corrected chi connectivity index (χ4v) is 3.61. The lowest BCUT2D eigenvalue weighted by atomic mass is 9.98. The van der Waals surface area contributed by atoms with Crippen molar-refractivity contribution in [3.8, 4) is 22.6 Å². The lowest BCUT2D eigenvalue weighted by Gasteiger charge is -2.19. The van der Waals surface area contributed by atoms with Crippen LogP contribution in [-0.2, 0) is 16.0 Å². The van der Waals surface area contributed by atoms with Crippen LogP contribution in [0.1, 0.15) is 12.0 Å². The van der Waals surface area contributed by atoms with Gasteiger partial charge in [0, 0.05) is 29.5 Å². The highest BCUT2D eigenvalue weighted by Crippen LogP contribution is 2.46. The summed E-state index contributed by atoms with van der Waals surface area (Å²) in [6.07, 6.45) is 0.894. The summed E-state index contributed by atoms with van der Waals surface area (Å²) < 4.78 is 30.0. The minimum absolute atomic E-state index is 0.161. The lowest BCUT2D eigenvalue weighted by molar-refractivity contribution is -0.142. The van der Waals surface area contributed by atoms with Crippen molar-refractivity contribution in [2.24, 2.45) is 5.73 Å². The van der Waals surface area contributed by atoms with Crippen molar-refractivity contribution >= 4 is 29.2 Å². The Balaban J connectivity index is 2.11. The highest BCUT2D eigenvalue weighted by molar-refractivity contribution is 6.39. The number of halogens is 3. The van der Waals surface area contributed by atoms with E-state index in [4.69, 9.17) is 38.4 Å². The predicted octanol–water partition coefficient (Wildman–Crippen LogP) is 4.00. The Labute approximate surface area is 166 Å². The lowest BCUT2D eigenvalue weighted by Crippen LogP contribution is -2.33. The first-order chi connectivity index (χ1) is 12.9. The van der Waals surface area contributed by atoms with Crippen LogP contribution in [0.3, 0.4) is 0 Å². The number of fused-ring (bicyclic) bond motifs is 1. The minimum atomic E-state index is -0.838. The molecule has 0 spiro atoms. The summed E-state index contributed by atoms with van der Waals surface area (Å²) in [5, 5.41) is 0.322. The Morgan fingerprint density at radius 3 is 2.48 bits per heavy atom. The zero-order chi connectivity index (χ0) is 19.6. The number of rotatable bonds is 4. The molecule has 0 saturated heterocycles. The monoisotopic (exact) mass is 413 g/mol. The average molecular weight is 414 g/mol. The SMILES string of the molecule is COC(=O)[C@@H](N)Cc1ccc(-c2c(Cl)cc(F)cc2Cl)c2c1OCCCO2. The van der Waals surface area contributed by atoms with Crippen molar-refractivity contribution in [3.05, 3.63) is 45.7 Å². The normalized spacial score (nSPS) is 14.4. The number of ether oxygens (including phenoxy) is 3. The van der Waals surface area contributed by atoms with Crippen LogP contribution in [0.2, 0.25) is 10.0 Å². The molecule has 2 N–H and O–H groups in total. The minimum Gasteiger partial charge on any atom is -0.489 e. The van der Waals surface area contributed by atoms with Crippen LogP contribution in [0.15, 0.2) is 24.3 Å². The van der Waals surface area contributed by atoms with Crippen LogP contribution in [0.5, 0.6) is 11.5 Å². The van der Waals surface area contributed by atoms with Crippen LogP contribution < -0.4 is 15.2 Å². The van der Waals surface area contributed by atoms with Gasteiger partial charge in [-0.1, -0.05) is 29.3 Å². The smallest absolute Gasteiger partial charge is 0.322 e. The molecule has 0 radical (unpaired) electrons. The van der Waals surface area contributed by atoms with E-state index in [9.17, 15) is 9.18 Å². The number of nitrogens with two attached hydrogens (primary N) is 1. The highest BCUT2D eigenvalue weighted by atomic mass is 35.5. The zero-order valence-electron chi connectivity index (χ0n) is 14.6. The van der Waals surface area contributed by atoms with Gasteiger partial charge in [-0.3, -0.25) is 4.79 Å². The molecule has 0 aromatic heterocycles. The van der Waals surface area contributed by atoms with Gasteiger partial charge in [-0.25, -0.2) is 4.39 Å². The van der Waals surface area contributed by atoms with E-state index in [1.807, 2.05) is 0 Å². The first-order valence-corrected chi connectivity index (χ1v) is 9.07. The maximum Gasteiger partial charge on any atom is 0.322 e. The van der Waals surface area contributed by atoms with Gasteiger partial charge in [0.25, 0.3) is 0 Å². The fraction of sp³-hybridized carbons (Fsp3) is 0.316. The third-order valence-corrected chi connectivity index (χ3v) is 4.79. The van der Waals surface area contributed by atoms with Gasteiger partial charge in [-0.2, -0.15) is 0 Å². The molecule has 0 amide bonds. The molecule has 1 heterocycles. The molecule has 144 valence electrons. The third kappa shape index (κ3) is 4.13. The van der Waals surface area contributed by atoms with E-state index in [0.717, 1.165) is 0 Å². The molecule has 0 unspecified atom stereocenters. The van der Waals surface area contributed by atoms with Gasteiger partial charge in [-0.15, -0.1) is 0 Å². The van der Waals surface area contributed by atoms with Crippen LogP contribution in [-0.4, -0.2) is 32.3 Å². The molecule has 0 aliphatic carbocycles. The van der Waals surface area contributed by atoms with Gasteiger partial charge < -0.3 is 19.9 Å². The van der Waals surface area contributed by atoms with Gasteiger partial charge in [0.2, 0.25) is 0 Å². The number of esters is 1. The largest absolute Gasteiger partial charge is 0.489 e. The summed E-state index contributed by atoms with van der Waals surface area (Å²) in [5.74, 6) is -0.136. The molecule has 2 aromatic rings. The molecule has 0 saturated carbocycles. The van der Waals surface area contributed by atoms with Crippen LogP contribution in [0.25, 0.3) is 11.1 Å². The van der Waals surface area contributed by atoms with E-state index in [0.29, 0.717) is 47.8 Å². The van der Waals surface area contributed by atoms with Gasteiger partial charge in [0.05, 0.1) is 30.4 Å². The standard InChI is InChI=1S/C19H18Cl2FNO4/c1-25-19(24)15(23)7-10-3-4-12(18-17(10)26-5-2-6-27-18)16-13(20)8-11(22)9-14(16)21/h3-4,8-9,15H,2,5-7,23H2,1H3/t15-/m0/s1. The summed E-state index contributed by atoms with van der Waals surface area (Å²) in [6, 6.07) is 5.05. The van der Waals surface area contributed by atoms with Crippen LogP contribution in [0, 0.1) is 5.82 Å². The van der Waals surface area contributed by atoms with E-state index in [-0.39, 0.29) is 16.5 Å². The van der Waals surface area contributed by atoms with E-state index < -0.39 is 17.8 Å². The van der Waals surface area contributed by atoms with Crippen LogP contribution in [0.4, 0.5) is 4.39 Å². The van der Waals surface area contributed by atoms with E-state index in [1.165, 1.54) is 19.2 Å². The maximum absolute atomic E-state index is 13.6. The molecule has 5 nitrogen and oxygen atoms in total. The second kappa shape index (κ2) is 8.33. The highest BCUT2D eigenvalue weighted by Gasteiger charge is 2.25. The third-order valence-electron chi connectivity index (χ3n) is 4.20. The molecule has 2 aromatic carbocycles. The summed E-state index contributed by atoms with van der Waals surface area (Å²) in [4.78, 5) is 11.7. The Kier molecular flexibility index (Phi) is 6.09. The summed E-state index contributed by atoms with van der Waals surface area (Å²) in [6.45, 7) is 0.880. The Morgan fingerprint density at radius 1 is 1.22 bits per heavy atom. The summed E-state index contributed by atoms with van der Waals surface area (Å²) >= 11 is 12.5. The van der Waals surface area contributed by atoms with E-state index in [2.05, 4.69) is 4.74 Å². The molecular formula is C19H18Cl2FNO4. The molecule has 3 rings (SSSR count). The second-order valence-electron chi connectivity index (χ2n) is 6.06. The van der Waals surface area contributed by atoms with E-state index >= 15 is 0 Å². The number of carbonyl (C=O) groups excluding carboxylic acids is 1. The number of benzene rings is 2. The number of hydrogen-bond donors (Lipinski definition) is 1. The maximum atomic E-state index is 13.6. The van der Waals surface area contributed by atoms with Crippen molar-refractivity contribution < 1.29 is 23.4 Å². The van der Waals surface area contributed by atoms with Crippen molar-refractivity contribution in [1.29, 1.82) is 0 Å². The summed E-state index contributed by atoms with van der Waals surface area (Å²) in [7, 11) is 1.28. The molecule has 1 atom stereocenters. The van der Waals surface area contributed by atoms with E-state index in [1.54, 1.807) is 12.1 Å². The van der Waals surface area contributed by atoms with Crippen molar-refractivity contribution in [1.82, 2.24) is 0 Å². The summed E-state index contributed by atoms with van der Waals surface area (Å²) in [5.41, 5.74) is 7.62. The second-order valence-corrected chi connectivity index (χ2v) is 6.87. The first kappa shape index (κ1) is 19.7. The Bertz CT molecular complexity index is 852. The molecule has 27 heavy (non-hydrogen) atoms. The van der Waals surface area contributed by atoms with Gasteiger partial charge in [0.15, 0.2) is 11.5 Å². The fourth-order valence-electron chi connectivity index (χ4n) is 2.94. The number of carbonyl (C=O) groups is 1. The molecule has 1 aliphatic heterocycles. The van der Waals surface area contributed by atoms with Gasteiger partial charge in [-0.05, 0) is 18.2 Å². The topological polar surface area (TPSA) is 70.8 Å². The van der Waals surface area contributed by atoms with Gasteiger partial charge in [0.1, 0.15) is 11.9 Å². The van der Waals surface area contributed by atoms with Crippen molar-refractivity contribution in [3.63, 3.8) is 0 Å². The Hall–Kier alpha value is -2.02. The number of methoxy groups -OCH3 is 1. The van der Waals surface area contributed by atoms with Crippen molar-refractivity contribution in [2.45, 2.75) is 18.9 Å².